The fourth-order valence-electron chi connectivity index (χ4n) is 3.09. The molecule has 0 spiro atoms. The van der Waals surface area contributed by atoms with Crippen LogP contribution in [0.4, 0.5) is 0 Å². The summed E-state index contributed by atoms with van der Waals surface area (Å²) >= 11 is 0. The van der Waals surface area contributed by atoms with E-state index in [0.717, 1.165) is 19.4 Å². The molecule has 0 bridgehead atoms. The third kappa shape index (κ3) is 4.93. The van der Waals surface area contributed by atoms with E-state index in [1.807, 2.05) is 6.07 Å². The molecule has 3 rings (SSSR count). The van der Waals surface area contributed by atoms with Crippen molar-refractivity contribution < 1.29 is 28.9 Å². The zero-order valence-electron chi connectivity index (χ0n) is 14.1. The van der Waals surface area contributed by atoms with Gasteiger partial charge in [0.1, 0.15) is 12.4 Å². The number of hydrogen-bond acceptors (Lipinski definition) is 5. The van der Waals surface area contributed by atoms with Crippen LogP contribution in [-0.4, -0.2) is 67.0 Å². The Morgan fingerprint density at radius 2 is 2.08 bits per heavy atom. The van der Waals surface area contributed by atoms with E-state index in [1.165, 1.54) is 0 Å². The summed E-state index contributed by atoms with van der Waals surface area (Å²) in [5, 5.41) is 8.88. The second-order valence-corrected chi connectivity index (χ2v) is 6.32. The molecule has 2 fully saturated rings. The first kappa shape index (κ1) is 17.7. The van der Waals surface area contributed by atoms with Crippen molar-refractivity contribution in [2.75, 3.05) is 32.9 Å². The summed E-state index contributed by atoms with van der Waals surface area (Å²) < 4.78 is 16.7. The maximum atomic E-state index is 12.7. The van der Waals surface area contributed by atoms with E-state index in [2.05, 4.69) is 0 Å². The molecule has 0 radical (unpaired) electrons. The maximum absolute atomic E-state index is 12.7. The van der Waals surface area contributed by atoms with E-state index in [1.54, 1.807) is 23.1 Å². The number of amides is 1. The third-order valence-electron chi connectivity index (χ3n) is 4.37. The Bertz CT molecular complexity index is 613. The lowest BCUT2D eigenvalue weighted by atomic mass is 10.1. The molecule has 136 valence electrons. The molecule has 2 atom stereocenters. The smallest absolute Gasteiger partial charge is 0.306 e. The van der Waals surface area contributed by atoms with Crippen LogP contribution in [0.1, 0.15) is 29.6 Å². The van der Waals surface area contributed by atoms with Crippen molar-refractivity contribution >= 4 is 11.9 Å². The van der Waals surface area contributed by atoms with Gasteiger partial charge in [-0.1, -0.05) is 6.07 Å². The molecule has 2 aliphatic rings. The van der Waals surface area contributed by atoms with Crippen LogP contribution in [0, 0.1) is 0 Å². The van der Waals surface area contributed by atoms with Gasteiger partial charge >= 0.3 is 5.97 Å². The summed E-state index contributed by atoms with van der Waals surface area (Å²) in [5.41, 5.74) is 0.529. The summed E-state index contributed by atoms with van der Waals surface area (Å²) in [6.07, 6.45) is 1.61. The second-order valence-electron chi connectivity index (χ2n) is 6.32. The van der Waals surface area contributed by atoms with Gasteiger partial charge in [0, 0.05) is 25.3 Å². The molecule has 0 aromatic heterocycles. The van der Waals surface area contributed by atoms with Gasteiger partial charge < -0.3 is 24.2 Å². The molecule has 1 aromatic rings. The predicted octanol–water partition coefficient (Wildman–Crippen LogP) is 1.56. The van der Waals surface area contributed by atoms with Crippen molar-refractivity contribution in [3.05, 3.63) is 29.8 Å². The topological polar surface area (TPSA) is 85.3 Å². The normalized spacial score (nSPS) is 23.4. The van der Waals surface area contributed by atoms with Crippen molar-refractivity contribution in [1.82, 2.24) is 4.90 Å². The number of rotatable bonds is 6. The highest BCUT2D eigenvalue weighted by Crippen LogP contribution is 2.19. The Labute approximate surface area is 146 Å². The van der Waals surface area contributed by atoms with Crippen LogP contribution in [-0.2, 0) is 14.3 Å². The lowest BCUT2D eigenvalue weighted by Crippen LogP contribution is -2.46. The molecule has 1 amide bonds. The van der Waals surface area contributed by atoms with Gasteiger partial charge in [-0.2, -0.15) is 0 Å². The number of nitrogens with zero attached hydrogens (tertiary/aromatic N) is 1. The number of aliphatic carboxylic acids is 1. The minimum atomic E-state index is -0.927. The molecule has 25 heavy (non-hydrogen) atoms. The standard InChI is InChI=1S/C18H23NO6/c20-17(21)10-16-11-19(6-8-24-16)18(22)13-3-1-4-14(9-13)25-12-15-5-2-7-23-15/h1,3-4,9,15-16H,2,5-8,10-12H2,(H,20,21)/t15-,16-/m0/s1. The van der Waals surface area contributed by atoms with Gasteiger partial charge in [0.25, 0.3) is 5.91 Å². The molecule has 1 aromatic carbocycles. The minimum absolute atomic E-state index is 0.103. The molecule has 2 saturated heterocycles. The highest BCUT2D eigenvalue weighted by Gasteiger charge is 2.26. The molecule has 2 heterocycles. The van der Waals surface area contributed by atoms with E-state index < -0.39 is 12.1 Å². The Balaban J connectivity index is 1.59. The molecular weight excluding hydrogens is 326 g/mol. The van der Waals surface area contributed by atoms with Crippen molar-refractivity contribution in [3.63, 3.8) is 0 Å². The third-order valence-corrected chi connectivity index (χ3v) is 4.37. The summed E-state index contributed by atoms with van der Waals surface area (Å²) in [4.78, 5) is 25.2. The van der Waals surface area contributed by atoms with Crippen LogP contribution in [0.2, 0.25) is 0 Å². The summed E-state index contributed by atoms with van der Waals surface area (Å²) in [7, 11) is 0. The predicted molar refractivity (Wildman–Crippen MR) is 88.8 cm³/mol. The van der Waals surface area contributed by atoms with Crippen molar-refractivity contribution in [2.24, 2.45) is 0 Å². The van der Waals surface area contributed by atoms with Crippen LogP contribution in [0.25, 0.3) is 0 Å². The van der Waals surface area contributed by atoms with Gasteiger partial charge in [0.15, 0.2) is 0 Å². The van der Waals surface area contributed by atoms with Crippen molar-refractivity contribution in [2.45, 2.75) is 31.5 Å². The molecule has 1 N–H and O–H groups in total. The largest absolute Gasteiger partial charge is 0.491 e. The fourth-order valence-corrected chi connectivity index (χ4v) is 3.09. The number of morpholine rings is 1. The van der Waals surface area contributed by atoms with Crippen molar-refractivity contribution in [3.8, 4) is 5.75 Å². The van der Waals surface area contributed by atoms with E-state index >= 15 is 0 Å². The van der Waals surface area contributed by atoms with Crippen molar-refractivity contribution in [1.29, 1.82) is 0 Å². The average Bonchev–Trinajstić information content (AvgIpc) is 3.13. The second kappa shape index (κ2) is 8.31. The number of hydrogen-bond donors (Lipinski definition) is 1. The van der Waals surface area contributed by atoms with E-state index in [9.17, 15) is 9.59 Å². The zero-order chi connectivity index (χ0) is 17.6. The summed E-state index contributed by atoms with van der Waals surface area (Å²) in [6, 6.07) is 7.06. The minimum Gasteiger partial charge on any atom is -0.491 e. The number of ether oxygens (including phenoxy) is 3. The quantitative estimate of drug-likeness (QED) is 0.839. The molecular formula is C18H23NO6. The van der Waals surface area contributed by atoms with E-state index in [-0.39, 0.29) is 25.0 Å². The summed E-state index contributed by atoms with van der Waals surface area (Å²) in [5.74, 6) is -0.429. The summed E-state index contributed by atoms with van der Waals surface area (Å²) in [6.45, 7) is 2.35. The number of carbonyl (C=O) groups is 2. The van der Waals surface area contributed by atoms with Crippen LogP contribution in [0.3, 0.4) is 0 Å². The van der Waals surface area contributed by atoms with Crippen LogP contribution < -0.4 is 4.74 Å². The molecule has 0 saturated carbocycles. The van der Waals surface area contributed by atoms with Gasteiger partial charge in [-0.15, -0.1) is 0 Å². The molecule has 0 aliphatic carbocycles. The van der Waals surface area contributed by atoms with Crippen LogP contribution in [0.5, 0.6) is 5.75 Å². The zero-order valence-corrected chi connectivity index (χ0v) is 14.1. The average molecular weight is 349 g/mol. The molecule has 7 heteroatoms. The first-order chi connectivity index (χ1) is 12.1. The number of carboxylic acids is 1. The monoisotopic (exact) mass is 349 g/mol. The number of carboxylic acid groups (broad SMARTS) is 1. The van der Waals surface area contributed by atoms with Gasteiger partial charge in [-0.3, -0.25) is 9.59 Å². The highest BCUT2D eigenvalue weighted by atomic mass is 16.5. The fraction of sp³-hybridized carbons (Fsp3) is 0.556. The Morgan fingerprint density at radius 3 is 2.84 bits per heavy atom. The lowest BCUT2D eigenvalue weighted by Gasteiger charge is -2.32. The Hall–Kier alpha value is -2.12. The van der Waals surface area contributed by atoms with Gasteiger partial charge in [0.2, 0.25) is 0 Å². The first-order valence-corrected chi connectivity index (χ1v) is 8.59. The molecule has 0 unspecified atom stereocenters. The molecule has 7 nitrogen and oxygen atoms in total. The number of benzene rings is 1. The number of carbonyl (C=O) groups excluding carboxylic acids is 1. The van der Waals surface area contributed by atoms with Gasteiger partial charge in [-0.25, -0.2) is 0 Å². The SMILES string of the molecule is O=C(O)C[C@H]1CN(C(=O)c2cccc(OC[C@@H]3CCCO3)c2)CCO1. The lowest BCUT2D eigenvalue weighted by molar-refractivity contribution is -0.141. The van der Waals surface area contributed by atoms with Crippen LogP contribution >= 0.6 is 0 Å². The van der Waals surface area contributed by atoms with Gasteiger partial charge in [-0.05, 0) is 31.0 Å². The maximum Gasteiger partial charge on any atom is 0.306 e. The highest BCUT2D eigenvalue weighted by molar-refractivity contribution is 5.94. The van der Waals surface area contributed by atoms with E-state index in [4.69, 9.17) is 19.3 Å². The Kier molecular flexibility index (Phi) is 5.88. The first-order valence-electron chi connectivity index (χ1n) is 8.59. The van der Waals surface area contributed by atoms with Crippen LogP contribution in [0.15, 0.2) is 24.3 Å². The van der Waals surface area contributed by atoms with E-state index in [0.29, 0.717) is 31.1 Å². The molecule has 2 aliphatic heterocycles. The Morgan fingerprint density at radius 1 is 1.24 bits per heavy atom. The van der Waals surface area contributed by atoms with Gasteiger partial charge in [0.05, 0.1) is 25.2 Å².